The highest BCUT2D eigenvalue weighted by atomic mass is 16.6. The maximum Gasteiger partial charge on any atom is 0.410 e. The van der Waals surface area contributed by atoms with Gasteiger partial charge in [0.1, 0.15) is 24.3 Å². The fraction of sp³-hybridized carbons (Fsp3) is 0.778. The molecule has 2 aliphatic heterocycles. The van der Waals surface area contributed by atoms with E-state index in [2.05, 4.69) is 17.0 Å². The van der Waals surface area contributed by atoms with Gasteiger partial charge in [0.05, 0.1) is 6.54 Å². The molecule has 3 heterocycles. The fourth-order valence-electron chi connectivity index (χ4n) is 3.78. The van der Waals surface area contributed by atoms with Crippen LogP contribution in [0.25, 0.3) is 0 Å². The molecule has 1 atom stereocenters. The first-order chi connectivity index (χ1) is 12.5. The Kier molecular flexibility index (Phi) is 5.78. The van der Waals surface area contributed by atoms with Crippen LogP contribution in [0.3, 0.4) is 0 Å². The summed E-state index contributed by atoms with van der Waals surface area (Å²) in [6.45, 7) is 6.64. The van der Waals surface area contributed by atoms with Crippen molar-refractivity contribution in [3.63, 3.8) is 0 Å². The number of carbonyl (C=O) groups is 2. The number of unbranched alkanes of at least 4 members (excludes halogenated alkanes) is 3. The molecule has 0 aromatic carbocycles. The third kappa shape index (κ3) is 3.99. The van der Waals surface area contributed by atoms with E-state index in [1.165, 1.54) is 19.2 Å². The van der Waals surface area contributed by atoms with Crippen LogP contribution in [0.4, 0.5) is 4.79 Å². The molecule has 1 spiro atoms. The lowest BCUT2D eigenvalue weighted by molar-refractivity contribution is -0.138. The van der Waals surface area contributed by atoms with Gasteiger partial charge in [-0.05, 0) is 13.3 Å². The summed E-state index contributed by atoms with van der Waals surface area (Å²) >= 11 is 0. The van der Waals surface area contributed by atoms with Gasteiger partial charge in [-0.3, -0.25) is 4.79 Å². The standard InChI is InChI=1S/C18H29N5O3/c1-3-4-5-6-9-22-12-18(26-17(22)25)7-10-21(11-8-18)16(24)15(2)23-14-19-13-20-23/h13-15H,3-12H2,1-2H3/t15-/m1/s1. The molecule has 1 aromatic heterocycles. The van der Waals surface area contributed by atoms with Gasteiger partial charge in [0.25, 0.3) is 0 Å². The second-order valence-electron chi connectivity index (χ2n) is 7.41. The summed E-state index contributed by atoms with van der Waals surface area (Å²) in [6.07, 6.45) is 8.75. The Morgan fingerprint density at radius 1 is 1.31 bits per heavy atom. The van der Waals surface area contributed by atoms with Crippen LogP contribution in [0, 0.1) is 0 Å². The Morgan fingerprint density at radius 3 is 2.73 bits per heavy atom. The van der Waals surface area contributed by atoms with Crippen LogP contribution in [0.2, 0.25) is 0 Å². The lowest BCUT2D eigenvalue weighted by Crippen LogP contribution is -2.50. The molecule has 144 valence electrons. The molecule has 8 heteroatoms. The minimum atomic E-state index is -0.422. The molecular weight excluding hydrogens is 334 g/mol. The van der Waals surface area contributed by atoms with Gasteiger partial charge in [-0.25, -0.2) is 14.5 Å². The number of ether oxygens (including phenoxy) is 1. The van der Waals surface area contributed by atoms with E-state index in [-0.39, 0.29) is 18.0 Å². The van der Waals surface area contributed by atoms with Crippen LogP contribution >= 0.6 is 0 Å². The van der Waals surface area contributed by atoms with Crippen molar-refractivity contribution in [2.75, 3.05) is 26.2 Å². The van der Waals surface area contributed by atoms with Crippen LogP contribution in [0.1, 0.15) is 58.4 Å². The van der Waals surface area contributed by atoms with Crippen LogP contribution in [-0.2, 0) is 9.53 Å². The minimum Gasteiger partial charge on any atom is -0.441 e. The molecular formula is C18H29N5O3. The average molecular weight is 363 g/mol. The average Bonchev–Trinajstić information content (AvgIpc) is 3.27. The summed E-state index contributed by atoms with van der Waals surface area (Å²) in [6, 6.07) is -0.368. The molecule has 8 nitrogen and oxygen atoms in total. The van der Waals surface area contributed by atoms with Crippen molar-refractivity contribution in [2.24, 2.45) is 0 Å². The van der Waals surface area contributed by atoms with Gasteiger partial charge in [-0.1, -0.05) is 26.2 Å². The van der Waals surface area contributed by atoms with Crippen molar-refractivity contribution >= 4 is 12.0 Å². The van der Waals surface area contributed by atoms with Crippen molar-refractivity contribution < 1.29 is 14.3 Å². The van der Waals surface area contributed by atoms with E-state index in [9.17, 15) is 9.59 Å². The van der Waals surface area contributed by atoms with Gasteiger partial charge in [0, 0.05) is 32.5 Å². The molecule has 1 aromatic rings. The zero-order valence-electron chi connectivity index (χ0n) is 15.8. The highest BCUT2D eigenvalue weighted by Gasteiger charge is 2.47. The Hall–Kier alpha value is -2.12. The second-order valence-corrected chi connectivity index (χ2v) is 7.41. The van der Waals surface area contributed by atoms with Crippen molar-refractivity contribution in [1.82, 2.24) is 24.6 Å². The summed E-state index contributed by atoms with van der Waals surface area (Å²) in [5.41, 5.74) is -0.422. The van der Waals surface area contributed by atoms with Gasteiger partial charge >= 0.3 is 6.09 Å². The highest BCUT2D eigenvalue weighted by molar-refractivity contribution is 5.80. The molecule has 26 heavy (non-hydrogen) atoms. The Bertz CT molecular complexity index is 610. The van der Waals surface area contributed by atoms with E-state index in [1.807, 2.05) is 16.7 Å². The third-order valence-electron chi connectivity index (χ3n) is 5.50. The number of rotatable bonds is 7. The van der Waals surface area contributed by atoms with E-state index >= 15 is 0 Å². The van der Waals surface area contributed by atoms with Crippen molar-refractivity contribution in [1.29, 1.82) is 0 Å². The smallest absolute Gasteiger partial charge is 0.410 e. The van der Waals surface area contributed by atoms with E-state index < -0.39 is 5.60 Å². The molecule has 0 unspecified atom stereocenters. The molecule has 0 N–H and O–H groups in total. The summed E-state index contributed by atoms with van der Waals surface area (Å²) < 4.78 is 7.31. The second kappa shape index (κ2) is 8.05. The fourth-order valence-corrected chi connectivity index (χ4v) is 3.78. The lowest BCUT2D eigenvalue weighted by Gasteiger charge is -2.38. The molecule has 0 aliphatic carbocycles. The molecule has 2 fully saturated rings. The number of piperidine rings is 1. The van der Waals surface area contributed by atoms with Crippen molar-refractivity contribution in [2.45, 2.75) is 64.0 Å². The third-order valence-corrected chi connectivity index (χ3v) is 5.50. The van der Waals surface area contributed by atoms with Crippen LogP contribution in [0.5, 0.6) is 0 Å². The predicted octanol–water partition coefficient (Wildman–Crippen LogP) is 2.23. The monoisotopic (exact) mass is 363 g/mol. The quantitative estimate of drug-likeness (QED) is 0.694. The van der Waals surface area contributed by atoms with Gasteiger partial charge < -0.3 is 14.5 Å². The van der Waals surface area contributed by atoms with Crippen molar-refractivity contribution in [3.05, 3.63) is 12.7 Å². The Labute approximate surface area is 154 Å². The van der Waals surface area contributed by atoms with Gasteiger partial charge in [-0.15, -0.1) is 0 Å². The first-order valence-electron chi connectivity index (χ1n) is 9.65. The predicted molar refractivity (Wildman–Crippen MR) is 95.5 cm³/mol. The molecule has 3 rings (SSSR count). The maximum atomic E-state index is 12.7. The zero-order chi connectivity index (χ0) is 18.6. The minimum absolute atomic E-state index is 0.0334. The van der Waals surface area contributed by atoms with E-state index in [0.29, 0.717) is 32.5 Å². The molecule has 2 aliphatic rings. The summed E-state index contributed by atoms with van der Waals surface area (Å²) in [4.78, 5) is 32.4. The molecule has 2 amide bonds. The van der Waals surface area contributed by atoms with E-state index in [1.54, 1.807) is 11.0 Å². The number of likely N-dealkylation sites (tertiary alicyclic amines) is 1. The number of aromatic nitrogens is 3. The Balaban J connectivity index is 1.50. The molecule has 0 radical (unpaired) electrons. The Morgan fingerprint density at radius 2 is 2.08 bits per heavy atom. The number of nitrogens with zero attached hydrogens (tertiary/aromatic N) is 5. The lowest BCUT2D eigenvalue weighted by atomic mass is 9.91. The number of carbonyl (C=O) groups excluding carboxylic acids is 2. The van der Waals surface area contributed by atoms with E-state index in [4.69, 9.17) is 4.74 Å². The van der Waals surface area contributed by atoms with Gasteiger partial charge in [-0.2, -0.15) is 5.10 Å². The molecule has 0 saturated carbocycles. The number of amides is 2. The maximum absolute atomic E-state index is 12.7. The van der Waals surface area contributed by atoms with Crippen LogP contribution < -0.4 is 0 Å². The summed E-state index contributed by atoms with van der Waals surface area (Å²) in [7, 11) is 0. The molecule has 2 saturated heterocycles. The number of hydrogen-bond acceptors (Lipinski definition) is 5. The topological polar surface area (TPSA) is 80.6 Å². The zero-order valence-corrected chi connectivity index (χ0v) is 15.8. The van der Waals surface area contributed by atoms with Crippen molar-refractivity contribution in [3.8, 4) is 0 Å². The number of hydrogen-bond donors (Lipinski definition) is 0. The van der Waals surface area contributed by atoms with Gasteiger partial charge in [0.15, 0.2) is 0 Å². The SMILES string of the molecule is CCCCCCN1CC2(CCN(C(=O)[C@@H](C)n3cncn3)CC2)OC1=O. The first-order valence-corrected chi connectivity index (χ1v) is 9.65. The highest BCUT2D eigenvalue weighted by Crippen LogP contribution is 2.34. The largest absolute Gasteiger partial charge is 0.441 e. The van der Waals surface area contributed by atoms with Crippen LogP contribution in [0.15, 0.2) is 12.7 Å². The molecule has 0 bridgehead atoms. The summed E-state index contributed by atoms with van der Waals surface area (Å²) in [5.74, 6) is 0.0334. The van der Waals surface area contributed by atoms with E-state index in [0.717, 1.165) is 19.4 Å². The van der Waals surface area contributed by atoms with Crippen LogP contribution in [-0.4, -0.2) is 68.3 Å². The first kappa shape index (κ1) is 18.7. The normalized spacial score (nSPS) is 20.5. The summed E-state index contributed by atoms with van der Waals surface area (Å²) in [5, 5.41) is 4.05. The van der Waals surface area contributed by atoms with Gasteiger partial charge in [0.2, 0.25) is 5.91 Å².